The third-order valence-electron chi connectivity index (χ3n) is 3.20. The highest BCUT2D eigenvalue weighted by Crippen LogP contribution is 2.32. The van der Waals surface area contributed by atoms with Crippen LogP contribution in [-0.2, 0) is 0 Å². The Morgan fingerprint density at radius 1 is 1.07 bits per heavy atom. The Labute approximate surface area is 89.3 Å². The third kappa shape index (κ3) is 2.36. The molecule has 1 aromatic rings. The summed E-state index contributed by atoms with van der Waals surface area (Å²) in [4.78, 5) is 0. The Balaban J connectivity index is 2.21. The molecule has 1 saturated carbocycles. The molecule has 1 unspecified atom stereocenters. The lowest BCUT2D eigenvalue weighted by atomic mass is 9.84. The second-order valence-electron chi connectivity index (χ2n) is 4.51. The van der Waals surface area contributed by atoms with Gasteiger partial charge in [-0.05, 0) is 36.6 Å². The van der Waals surface area contributed by atoms with Crippen molar-refractivity contribution >= 4 is 14.5 Å². The fourth-order valence-corrected chi connectivity index (χ4v) is 2.97. The van der Waals surface area contributed by atoms with Gasteiger partial charge in [0.15, 0.2) is 0 Å². The molecule has 0 saturated heterocycles. The molecule has 76 valence electrons. The molecule has 2 rings (SSSR count). The van der Waals surface area contributed by atoms with E-state index in [-0.39, 0.29) is 0 Å². The zero-order valence-electron chi connectivity index (χ0n) is 8.92. The molecule has 0 bridgehead atoms. The Morgan fingerprint density at radius 2 is 1.79 bits per heavy atom. The van der Waals surface area contributed by atoms with Gasteiger partial charge in [0.2, 0.25) is 0 Å². The fraction of sp³-hybridized carbons (Fsp3) is 0.538. The summed E-state index contributed by atoms with van der Waals surface area (Å²) in [6.07, 6.45) is 7.08. The van der Waals surface area contributed by atoms with Crippen molar-refractivity contribution in [1.29, 1.82) is 0 Å². The highest BCUT2D eigenvalue weighted by molar-refractivity contribution is 7.27. The van der Waals surface area contributed by atoms with Crippen LogP contribution in [0.1, 0.15) is 49.1 Å². The minimum atomic E-state index is 0.836. The van der Waals surface area contributed by atoms with E-state index in [1.807, 2.05) is 0 Å². The van der Waals surface area contributed by atoms with Gasteiger partial charge in [-0.1, -0.05) is 43.0 Å². The van der Waals surface area contributed by atoms with Gasteiger partial charge in [0.05, 0.1) is 0 Å². The zero-order valence-corrected chi connectivity index (χ0v) is 10.1. The van der Waals surface area contributed by atoms with Gasteiger partial charge in [-0.15, -0.1) is 9.24 Å². The molecule has 0 heterocycles. The van der Waals surface area contributed by atoms with Crippen molar-refractivity contribution in [1.82, 2.24) is 0 Å². The van der Waals surface area contributed by atoms with Crippen LogP contribution in [0.15, 0.2) is 18.2 Å². The maximum atomic E-state index is 2.82. The van der Waals surface area contributed by atoms with Crippen LogP contribution in [0, 0.1) is 6.92 Å². The van der Waals surface area contributed by atoms with E-state index in [2.05, 4.69) is 34.4 Å². The second kappa shape index (κ2) is 4.45. The highest BCUT2D eigenvalue weighted by Gasteiger charge is 2.15. The SMILES string of the molecule is Cc1cc(P)cc(C2CCCCC2)c1. The van der Waals surface area contributed by atoms with E-state index in [1.165, 1.54) is 43.0 Å². The van der Waals surface area contributed by atoms with E-state index < -0.39 is 0 Å². The predicted molar refractivity (Wildman–Crippen MR) is 66.3 cm³/mol. The van der Waals surface area contributed by atoms with Crippen molar-refractivity contribution in [2.24, 2.45) is 0 Å². The minimum Gasteiger partial charge on any atom is -0.106 e. The number of benzene rings is 1. The second-order valence-corrected chi connectivity index (χ2v) is 5.18. The van der Waals surface area contributed by atoms with Crippen molar-refractivity contribution < 1.29 is 0 Å². The van der Waals surface area contributed by atoms with E-state index in [0.717, 1.165) is 5.92 Å². The molecule has 1 aromatic carbocycles. The van der Waals surface area contributed by atoms with E-state index in [4.69, 9.17) is 0 Å². The monoisotopic (exact) mass is 206 g/mol. The molecular weight excluding hydrogens is 187 g/mol. The van der Waals surface area contributed by atoms with Gasteiger partial charge >= 0.3 is 0 Å². The summed E-state index contributed by atoms with van der Waals surface area (Å²) >= 11 is 0. The minimum absolute atomic E-state index is 0.836. The van der Waals surface area contributed by atoms with Crippen LogP contribution in [0.3, 0.4) is 0 Å². The Kier molecular flexibility index (Phi) is 3.23. The molecule has 1 atom stereocenters. The number of aryl methyl sites for hydroxylation is 1. The van der Waals surface area contributed by atoms with Crippen molar-refractivity contribution in [3.8, 4) is 0 Å². The van der Waals surface area contributed by atoms with Gasteiger partial charge in [-0.2, -0.15) is 0 Å². The van der Waals surface area contributed by atoms with Crippen molar-refractivity contribution in [2.75, 3.05) is 0 Å². The van der Waals surface area contributed by atoms with Gasteiger partial charge in [-0.25, -0.2) is 0 Å². The van der Waals surface area contributed by atoms with Gasteiger partial charge in [0.1, 0.15) is 0 Å². The lowest BCUT2D eigenvalue weighted by molar-refractivity contribution is 0.443. The van der Waals surface area contributed by atoms with Gasteiger partial charge in [-0.3, -0.25) is 0 Å². The van der Waals surface area contributed by atoms with Crippen LogP contribution in [0.25, 0.3) is 0 Å². The molecule has 0 aliphatic heterocycles. The van der Waals surface area contributed by atoms with Crippen molar-refractivity contribution in [2.45, 2.75) is 44.9 Å². The summed E-state index contributed by atoms with van der Waals surface area (Å²) in [7, 11) is 2.82. The molecule has 1 aliphatic rings. The average molecular weight is 206 g/mol. The van der Waals surface area contributed by atoms with E-state index >= 15 is 0 Å². The van der Waals surface area contributed by atoms with Crippen LogP contribution in [0.4, 0.5) is 0 Å². The van der Waals surface area contributed by atoms with Gasteiger partial charge in [0, 0.05) is 0 Å². The summed E-state index contributed by atoms with van der Waals surface area (Å²) in [5.41, 5.74) is 2.97. The molecule has 0 nitrogen and oxygen atoms in total. The third-order valence-corrected chi connectivity index (χ3v) is 3.53. The fourth-order valence-electron chi connectivity index (χ4n) is 2.51. The van der Waals surface area contributed by atoms with Crippen molar-refractivity contribution in [3.05, 3.63) is 29.3 Å². The molecule has 0 N–H and O–H groups in total. The Bertz CT molecular complexity index is 291. The maximum Gasteiger partial charge on any atom is -0.0162 e. The largest absolute Gasteiger partial charge is 0.106 e. The molecule has 1 heteroatoms. The Morgan fingerprint density at radius 3 is 2.43 bits per heavy atom. The van der Waals surface area contributed by atoms with Gasteiger partial charge in [0.25, 0.3) is 0 Å². The smallest absolute Gasteiger partial charge is 0.0162 e. The van der Waals surface area contributed by atoms with E-state index in [9.17, 15) is 0 Å². The standard InChI is InChI=1S/C13H19P/c1-10-7-12(9-13(14)8-10)11-5-3-2-4-6-11/h7-9,11H,2-6,14H2,1H3. The summed E-state index contributed by atoms with van der Waals surface area (Å²) in [6.45, 7) is 2.19. The molecule has 0 amide bonds. The van der Waals surface area contributed by atoms with Gasteiger partial charge < -0.3 is 0 Å². The highest BCUT2D eigenvalue weighted by atomic mass is 31.0. The van der Waals surface area contributed by atoms with Crippen LogP contribution in [0.5, 0.6) is 0 Å². The molecule has 0 spiro atoms. The lowest BCUT2D eigenvalue weighted by Crippen LogP contribution is -2.07. The summed E-state index contributed by atoms with van der Waals surface area (Å²) in [5.74, 6) is 0.836. The van der Waals surface area contributed by atoms with Crippen LogP contribution in [-0.4, -0.2) is 0 Å². The molecule has 0 aromatic heterocycles. The first-order chi connectivity index (χ1) is 6.75. The summed E-state index contributed by atoms with van der Waals surface area (Å²) in [6, 6.07) is 6.94. The predicted octanol–water partition coefficient (Wildman–Crippen LogP) is 3.54. The molecular formula is C13H19P. The quantitative estimate of drug-likeness (QED) is 0.616. The molecule has 14 heavy (non-hydrogen) atoms. The topological polar surface area (TPSA) is 0 Å². The first-order valence-corrected chi connectivity index (χ1v) is 6.20. The normalized spacial score (nSPS) is 18.4. The van der Waals surface area contributed by atoms with Crippen LogP contribution < -0.4 is 5.30 Å². The Hall–Kier alpha value is -0.350. The summed E-state index contributed by atoms with van der Waals surface area (Å²) < 4.78 is 0. The molecule has 1 fully saturated rings. The number of rotatable bonds is 1. The zero-order chi connectivity index (χ0) is 9.97. The molecule has 0 radical (unpaired) electrons. The van der Waals surface area contributed by atoms with Crippen LogP contribution >= 0.6 is 9.24 Å². The van der Waals surface area contributed by atoms with Crippen LogP contribution in [0.2, 0.25) is 0 Å². The number of hydrogen-bond donors (Lipinski definition) is 0. The van der Waals surface area contributed by atoms with Crippen molar-refractivity contribution in [3.63, 3.8) is 0 Å². The first kappa shape index (κ1) is 10.2. The first-order valence-electron chi connectivity index (χ1n) is 5.63. The number of hydrogen-bond acceptors (Lipinski definition) is 0. The molecule has 1 aliphatic carbocycles. The summed E-state index contributed by atoms with van der Waals surface area (Å²) in [5, 5.41) is 1.34. The van der Waals surface area contributed by atoms with E-state index in [0.29, 0.717) is 0 Å². The lowest BCUT2D eigenvalue weighted by Gasteiger charge is -2.22. The maximum absolute atomic E-state index is 2.82. The average Bonchev–Trinajstić information content (AvgIpc) is 2.18. The van der Waals surface area contributed by atoms with E-state index in [1.54, 1.807) is 5.56 Å².